The Morgan fingerprint density at radius 1 is 1.22 bits per heavy atom. The smallest absolute Gasteiger partial charge is 0.330 e. The Bertz CT molecular complexity index is 547. The summed E-state index contributed by atoms with van der Waals surface area (Å²) in [4.78, 5) is 19.6. The van der Waals surface area contributed by atoms with Gasteiger partial charge in [0, 0.05) is 24.8 Å². The second-order valence-electron chi connectivity index (χ2n) is 6.70. The van der Waals surface area contributed by atoms with Crippen LogP contribution in [0.5, 0.6) is 5.75 Å². The number of rotatable bonds is 4. The van der Waals surface area contributed by atoms with Crippen LogP contribution >= 0.6 is 0 Å². The lowest BCUT2D eigenvalue weighted by Gasteiger charge is -2.35. The summed E-state index contributed by atoms with van der Waals surface area (Å²) in [6, 6.07) is 5.83. The fourth-order valence-corrected chi connectivity index (χ4v) is 2.29. The highest BCUT2D eigenvalue weighted by molar-refractivity contribution is 5.75. The van der Waals surface area contributed by atoms with Gasteiger partial charge in [-0.15, -0.1) is 5.06 Å². The molecule has 1 saturated heterocycles. The molecule has 1 aliphatic heterocycles. The summed E-state index contributed by atoms with van der Waals surface area (Å²) in [7, 11) is 0. The fourth-order valence-electron chi connectivity index (χ4n) is 2.29. The van der Waals surface area contributed by atoms with Crippen molar-refractivity contribution in [1.29, 1.82) is 0 Å². The summed E-state index contributed by atoms with van der Waals surface area (Å²) in [6.07, 6.45) is 0. The summed E-state index contributed by atoms with van der Waals surface area (Å²) in [5, 5.41) is 1.74. The van der Waals surface area contributed by atoms with E-state index in [1.165, 1.54) is 0 Å². The first-order chi connectivity index (χ1) is 10.8. The van der Waals surface area contributed by atoms with E-state index < -0.39 is 5.41 Å². The molecule has 0 unspecified atom stereocenters. The van der Waals surface area contributed by atoms with E-state index in [2.05, 4.69) is 4.90 Å². The Morgan fingerprint density at radius 2 is 1.87 bits per heavy atom. The first kappa shape index (κ1) is 17.4. The standard InChI is InChI=1S/C17H27N3O3/c1-5-22-15-12-13(6-7-14(15)18)19-8-10-20(11-9-19)23-16(21)17(2,3)4/h6-7,12H,5,8-11,18H2,1-4H3. The van der Waals surface area contributed by atoms with Crippen molar-refractivity contribution in [3.05, 3.63) is 18.2 Å². The summed E-state index contributed by atoms with van der Waals surface area (Å²) < 4.78 is 5.55. The predicted octanol–water partition coefficient (Wildman–Crippen LogP) is 2.29. The Labute approximate surface area is 138 Å². The third-order valence-corrected chi connectivity index (χ3v) is 3.73. The van der Waals surface area contributed by atoms with Crippen LogP contribution < -0.4 is 15.4 Å². The summed E-state index contributed by atoms with van der Waals surface area (Å²) in [5.74, 6) is 0.517. The van der Waals surface area contributed by atoms with E-state index in [4.69, 9.17) is 15.3 Å². The summed E-state index contributed by atoms with van der Waals surface area (Å²) in [6.45, 7) is 11.0. The molecule has 6 heteroatoms. The Balaban J connectivity index is 1.94. The predicted molar refractivity (Wildman–Crippen MR) is 91.4 cm³/mol. The normalized spacial score (nSPS) is 16.3. The van der Waals surface area contributed by atoms with E-state index in [1.807, 2.05) is 45.9 Å². The third kappa shape index (κ3) is 4.51. The molecule has 0 saturated carbocycles. The molecule has 1 aromatic rings. The SMILES string of the molecule is CCOc1cc(N2CCN(OC(=O)C(C)(C)C)CC2)ccc1N. The Hall–Kier alpha value is -1.95. The number of carbonyl (C=O) groups is 1. The van der Waals surface area contributed by atoms with Gasteiger partial charge in [-0.1, -0.05) is 0 Å². The van der Waals surface area contributed by atoms with Gasteiger partial charge in [0.05, 0.1) is 30.8 Å². The first-order valence-electron chi connectivity index (χ1n) is 8.06. The van der Waals surface area contributed by atoms with Gasteiger partial charge in [-0.25, -0.2) is 4.79 Å². The van der Waals surface area contributed by atoms with Crippen molar-refractivity contribution in [1.82, 2.24) is 5.06 Å². The van der Waals surface area contributed by atoms with Crippen LogP contribution in [-0.2, 0) is 9.63 Å². The third-order valence-electron chi connectivity index (χ3n) is 3.73. The van der Waals surface area contributed by atoms with Crippen LogP contribution in [0.25, 0.3) is 0 Å². The highest BCUT2D eigenvalue weighted by atomic mass is 16.7. The molecule has 2 N–H and O–H groups in total. The van der Waals surface area contributed by atoms with Gasteiger partial charge in [0.2, 0.25) is 0 Å². The lowest BCUT2D eigenvalue weighted by Crippen LogP contribution is -2.48. The van der Waals surface area contributed by atoms with Crippen molar-refractivity contribution >= 4 is 17.3 Å². The van der Waals surface area contributed by atoms with Crippen molar-refractivity contribution in [3.8, 4) is 5.75 Å². The van der Waals surface area contributed by atoms with Gasteiger partial charge in [0.1, 0.15) is 5.75 Å². The molecule has 1 fully saturated rings. The molecule has 128 valence electrons. The number of hydrogen-bond acceptors (Lipinski definition) is 6. The van der Waals surface area contributed by atoms with Crippen LogP contribution in [-0.4, -0.2) is 43.8 Å². The fraction of sp³-hybridized carbons (Fsp3) is 0.588. The zero-order chi connectivity index (χ0) is 17.0. The van der Waals surface area contributed by atoms with Crippen LogP contribution in [0.1, 0.15) is 27.7 Å². The molecule has 0 amide bonds. The molecule has 0 bridgehead atoms. The molecular weight excluding hydrogens is 294 g/mol. The van der Waals surface area contributed by atoms with Crippen molar-refractivity contribution in [2.75, 3.05) is 43.4 Å². The Morgan fingerprint density at radius 3 is 2.43 bits per heavy atom. The van der Waals surface area contributed by atoms with E-state index >= 15 is 0 Å². The highest BCUT2D eigenvalue weighted by Gasteiger charge is 2.28. The number of nitrogen functional groups attached to an aromatic ring is 1. The van der Waals surface area contributed by atoms with E-state index in [0.717, 1.165) is 18.8 Å². The van der Waals surface area contributed by atoms with Crippen molar-refractivity contribution < 1.29 is 14.4 Å². The van der Waals surface area contributed by atoms with E-state index in [-0.39, 0.29) is 5.97 Å². The lowest BCUT2D eigenvalue weighted by atomic mass is 9.98. The van der Waals surface area contributed by atoms with E-state index in [9.17, 15) is 4.79 Å². The number of hydroxylamine groups is 2. The van der Waals surface area contributed by atoms with Crippen LogP contribution in [0.2, 0.25) is 0 Å². The molecule has 23 heavy (non-hydrogen) atoms. The highest BCUT2D eigenvalue weighted by Crippen LogP contribution is 2.28. The molecule has 6 nitrogen and oxygen atoms in total. The van der Waals surface area contributed by atoms with Crippen LogP contribution in [0.15, 0.2) is 18.2 Å². The number of carbonyl (C=O) groups excluding carboxylic acids is 1. The molecule has 0 aromatic heterocycles. The average Bonchev–Trinajstić information content (AvgIpc) is 2.49. The lowest BCUT2D eigenvalue weighted by molar-refractivity contribution is -0.201. The van der Waals surface area contributed by atoms with Gasteiger partial charge in [-0.3, -0.25) is 0 Å². The van der Waals surface area contributed by atoms with Crippen LogP contribution in [0.4, 0.5) is 11.4 Å². The number of ether oxygens (including phenoxy) is 1. The second kappa shape index (κ2) is 7.08. The topological polar surface area (TPSA) is 68.0 Å². The quantitative estimate of drug-likeness (QED) is 0.858. The molecule has 2 rings (SSSR count). The zero-order valence-corrected chi connectivity index (χ0v) is 14.5. The summed E-state index contributed by atoms with van der Waals surface area (Å²) >= 11 is 0. The molecule has 0 aliphatic carbocycles. The molecular formula is C17H27N3O3. The number of hydrogen-bond donors (Lipinski definition) is 1. The maximum absolute atomic E-state index is 11.9. The van der Waals surface area contributed by atoms with Gasteiger partial charge in [0.25, 0.3) is 0 Å². The minimum Gasteiger partial charge on any atom is -0.492 e. The van der Waals surface area contributed by atoms with Crippen molar-refractivity contribution in [3.63, 3.8) is 0 Å². The average molecular weight is 321 g/mol. The van der Waals surface area contributed by atoms with Crippen LogP contribution in [0.3, 0.4) is 0 Å². The minimum absolute atomic E-state index is 0.197. The van der Waals surface area contributed by atoms with E-state index in [0.29, 0.717) is 31.1 Å². The molecule has 1 aromatic carbocycles. The van der Waals surface area contributed by atoms with Gasteiger partial charge in [-0.2, -0.15) is 0 Å². The second-order valence-corrected chi connectivity index (χ2v) is 6.70. The minimum atomic E-state index is -0.486. The Kier molecular flexibility index (Phi) is 5.36. The van der Waals surface area contributed by atoms with Crippen molar-refractivity contribution in [2.45, 2.75) is 27.7 Å². The number of benzene rings is 1. The van der Waals surface area contributed by atoms with Crippen molar-refractivity contribution in [2.24, 2.45) is 5.41 Å². The maximum atomic E-state index is 11.9. The number of anilines is 2. The number of nitrogens with two attached hydrogens (primary N) is 1. The van der Waals surface area contributed by atoms with Crippen LogP contribution in [0, 0.1) is 5.41 Å². The maximum Gasteiger partial charge on any atom is 0.330 e. The molecule has 1 heterocycles. The molecule has 1 aliphatic rings. The van der Waals surface area contributed by atoms with Gasteiger partial charge in [0.15, 0.2) is 0 Å². The zero-order valence-electron chi connectivity index (χ0n) is 14.5. The first-order valence-corrected chi connectivity index (χ1v) is 8.06. The summed E-state index contributed by atoms with van der Waals surface area (Å²) in [5.41, 5.74) is 7.15. The molecule has 0 atom stereocenters. The number of piperazine rings is 1. The molecule has 0 spiro atoms. The molecule has 0 radical (unpaired) electrons. The van der Waals surface area contributed by atoms with Gasteiger partial charge < -0.3 is 20.2 Å². The van der Waals surface area contributed by atoms with E-state index in [1.54, 1.807) is 5.06 Å². The van der Waals surface area contributed by atoms with Gasteiger partial charge >= 0.3 is 5.97 Å². The largest absolute Gasteiger partial charge is 0.492 e. The monoisotopic (exact) mass is 321 g/mol. The van der Waals surface area contributed by atoms with Gasteiger partial charge in [-0.05, 0) is 39.8 Å². The number of nitrogens with zero attached hydrogens (tertiary/aromatic N) is 2.